The van der Waals surface area contributed by atoms with Crippen LogP contribution >= 0.6 is 51.0 Å². The highest BCUT2D eigenvalue weighted by molar-refractivity contribution is 9.11. The van der Waals surface area contributed by atoms with E-state index >= 15 is 0 Å². The molecule has 2 aromatic heterocycles. The number of benzene rings is 1. The lowest BCUT2D eigenvalue weighted by atomic mass is 10.3. The van der Waals surface area contributed by atoms with Gasteiger partial charge in [-0.05, 0) is 47.2 Å². The number of fused-ring (bicyclic) bond motifs is 1. The van der Waals surface area contributed by atoms with E-state index in [4.69, 9.17) is 0 Å². The zero-order chi connectivity index (χ0) is 19.6. The first-order valence-electron chi connectivity index (χ1n) is 8.48. The molecular weight excluding hydrogens is 492 g/mol. The summed E-state index contributed by atoms with van der Waals surface area (Å²) in [6.07, 6.45) is 0. The van der Waals surface area contributed by atoms with Gasteiger partial charge in [0.2, 0.25) is 0 Å². The van der Waals surface area contributed by atoms with Crippen molar-refractivity contribution in [3.05, 3.63) is 44.6 Å². The molecular formula is C18H19BrClF2N3OS2. The van der Waals surface area contributed by atoms with Crippen LogP contribution < -0.4 is 4.90 Å². The Balaban J connectivity index is 0.00000280. The van der Waals surface area contributed by atoms with Crippen LogP contribution in [-0.4, -0.2) is 42.0 Å². The smallest absolute Gasteiger partial charge is 0.270 e. The number of thiazole rings is 1. The zero-order valence-electron chi connectivity index (χ0n) is 15.2. The van der Waals surface area contributed by atoms with Crippen LogP contribution in [0.1, 0.15) is 23.5 Å². The fourth-order valence-electron chi connectivity index (χ4n) is 2.69. The Morgan fingerprint density at radius 2 is 1.86 bits per heavy atom. The summed E-state index contributed by atoms with van der Waals surface area (Å²) in [6.45, 7) is 6.92. The van der Waals surface area contributed by atoms with Gasteiger partial charge < -0.3 is 4.90 Å². The highest BCUT2D eigenvalue weighted by Crippen LogP contribution is 2.33. The van der Waals surface area contributed by atoms with Crippen LogP contribution in [0.15, 0.2) is 28.1 Å². The molecule has 10 heteroatoms. The minimum Gasteiger partial charge on any atom is -0.302 e. The van der Waals surface area contributed by atoms with Crippen molar-refractivity contribution in [2.24, 2.45) is 0 Å². The first-order valence-corrected chi connectivity index (χ1v) is 10.9. The van der Waals surface area contributed by atoms with E-state index in [1.54, 1.807) is 11.0 Å². The van der Waals surface area contributed by atoms with E-state index in [-0.39, 0.29) is 23.8 Å². The number of carbonyl (C=O) groups is 1. The minimum atomic E-state index is -0.720. The molecule has 0 atom stereocenters. The molecule has 0 aliphatic rings. The molecule has 0 aliphatic carbocycles. The number of amides is 1. The molecule has 0 N–H and O–H groups in total. The number of aromatic nitrogens is 1. The molecule has 0 radical (unpaired) electrons. The molecule has 0 unspecified atom stereocenters. The van der Waals surface area contributed by atoms with Crippen molar-refractivity contribution >= 4 is 72.3 Å². The van der Waals surface area contributed by atoms with Gasteiger partial charge in [0.15, 0.2) is 10.9 Å². The average molecular weight is 511 g/mol. The van der Waals surface area contributed by atoms with E-state index in [0.717, 1.165) is 34.3 Å². The lowest BCUT2D eigenvalue weighted by Crippen LogP contribution is -2.38. The van der Waals surface area contributed by atoms with Crippen molar-refractivity contribution in [3.63, 3.8) is 0 Å². The van der Waals surface area contributed by atoms with E-state index in [9.17, 15) is 13.6 Å². The van der Waals surface area contributed by atoms with Gasteiger partial charge in [0, 0.05) is 19.2 Å². The number of rotatable bonds is 7. The maximum Gasteiger partial charge on any atom is 0.270 e. The SMILES string of the molecule is CCN(CC)CCN(C(=O)c1ccc(Br)s1)c1nc2c(F)cc(F)cc2s1.Cl. The largest absolute Gasteiger partial charge is 0.302 e. The van der Waals surface area contributed by atoms with Gasteiger partial charge in [0.05, 0.1) is 13.4 Å². The fraction of sp³-hybridized carbons (Fsp3) is 0.333. The quantitative estimate of drug-likeness (QED) is 0.402. The number of halogens is 4. The fourth-order valence-corrected chi connectivity index (χ4v) is 5.05. The summed E-state index contributed by atoms with van der Waals surface area (Å²) < 4.78 is 28.8. The summed E-state index contributed by atoms with van der Waals surface area (Å²) in [7, 11) is 0. The summed E-state index contributed by atoms with van der Waals surface area (Å²) >= 11 is 5.82. The summed E-state index contributed by atoms with van der Waals surface area (Å²) in [6, 6.07) is 5.61. The van der Waals surface area contributed by atoms with Crippen LogP contribution in [-0.2, 0) is 0 Å². The molecule has 0 saturated carbocycles. The highest BCUT2D eigenvalue weighted by atomic mass is 79.9. The molecule has 1 amide bonds. The van der Waals surface area contributed by atoms with Gasteiger partial charge in [-0.1, -0.05) is 25.2 Å². The average Bonchev–Trinajstić information content (AvgIpc) is 3.25. The predicted octanol–water partition coefficient (Wildman–Crippen LogP) is 5.81. The molecule has 3 rings (SSSR count). The van der Waals surface area contributed by atoms with E-state index in [2.05, 4.69) is 39.7 Å². The monoisotopic (exact) mass is 509 g/mol. The van der Waals surface area contributed by atoms with E-state index in [0.29, 0.717) is 27.8 Å². The van der Waals surface area contributed by atoms with Crippen LogP contribution in [0.2, 0.25) is 0 Å². The number of nitrogens with zero attached hydrogens (tertiary/aromatic N) is 3. The third kappa shape index (κ3) is 5.07. The van der Waals surface area contributed by atoms with Gasteiger partial charge in [-0.2, -0.15) is 0 Å². The van der Waals surface area contributed by atoms with Gasteiger partial charge in [-0.15, -0.1) is 23.7 Å². The van der Waals surface area contributed by atoms with Gasteiger partial charge in [0.1, 0.15) is 11.3 Å². The van der Waals surface area contributed by atoms with Crippen molar-refractivity contribution < 1.29 is 13.6 Å². The lowest BCUT2D eigenvalue weighted by Gasteiger charge is -2.24. The summed E-state index contributed by atoms with van der Waals surface area (Å²) in [5.74, 6) is -1.57. The van der Waals surface area contributed by atoms with Crippen LogP contribution in [0.25, 0.3) is 10.2 Å². The molecule has 1 aromatic carbocycles. The predicted molar refractivity (Wildman–Crippen MR) is 118 cm³/mol. The maximum absolute atomic E-state index is 14.1. The maximum atomic E-state index is 14.1. The van der Waals surface area contributed by atoms with E-state index in [1.807, 2.05) is 6.07 Å². The number of likely N-dealkylation sites (N-methyl/N-ethyl adjacent to an activating group) is 1. The molecule has 0 fully saturated rings. The molecule has 3 aromatic rings. The molecule has 28 heavy (non-hydrogen) atoms. The van der Waals surface area contributed by atoms with Crippen LogP contribution in [0.5, 0.6) is 0 Å². The Kier molecular flexibility index (Phi) is 8.32. The minimum absolute atomic E-state index is 0. The molecule has 0 spiro atoms. The lowest BCUT2D eigenvalue weighted by molar-refractivity contribution is 0.0987. The summed E-state index contributed by atoms with van der Waals surface area (Å²) in [5.41, 5.74) is 0.0874. The Bertz CT molecular complexity index is 962. The third-order valence-electron chi connectivity index (χ3n) is 4.20. The highest BCUT2D eigenvalue weighted by Gasteiger charge is 2.24. The molecule has 152 valence electrons. The van der Waals surface area contributed by atoms with Gasteiger partial charge in [-0.3, -0.25) is 9.69 Å². The second-order valence-corrected chi connectivity index (χ2v) is 9.29. The normalized spacial score (nSPS) is 11.1. The van der Waals surface area contributed by atoms with Crippen molar-refractivity contribution in [1.29, 1.82) is 0 Å². The zero-order valence-corrected chi connectivity index (χ0v) is 19.3. The number of anilines is 1. The first kappa shape index (κ1) is 23.2. The van der Waals surface area contributed by atoms with E-state index in [1.165, 1.54) is 17.4 Å². The molecule has 0 bridgehead atoms. The Labute approximate surface area is 184 Å². The molecule has 2 heterocycles. The van der Waals surface area contributed by atoms with Gasteiger partial charge in [0.25, 0.3) is 5.91 Å². The number of hydrogen-bond donors (Lipinski definition) is 0. The molecule has 0 aliphatic heterocycles. The summed E-state index contributed by atoms with van der Waals surface area (Å²) in [5, 5.41) is 0.371. The summed E-state index contributed by atoms with van der Waals surface area (Å²) in [4.78, 5) is 21.7. The van der Waals surface area contributed by atoms with Gasteiger partial charge in [-0.25, -0.2) is 13.8 Å². The number of carbonyl (C=O) groups excluding carboxylic acids is 1. The topological polar surface area (TPSA) is 36.4 Å². The Morgan fingerprint density at radius 3 is 2.46 bits per heavy atom. The van der Waals surface area contributed by atoms with Crippen LogP contribution in [0.3, 0.4) is 0 Å². The standard InChI is InChI=1S/C18H18BrF2N3OS2.ClH/c1-3-23(4-2)7-8-24(17(25)13-5-6-15(19)26-13)18-22-16-12(21)9-11(20)10-14(16)27-18;/h5-6,9-10H,3-4,7-8H2,1-2H3;1H. The number of thiophene rings is 1. The van der Waals surface area contributed by atoms with E-state index < -0.39 is 11.6 Å². The van der Waals surface area contributed by atoms with Crippen molar-refractivity contribution in [3.8, 4) is 0 Å². The Hall–Kier alpha value is -1.13. The van der Waals surface area contributed by atoms with Crippen LogP contribution in [0, 0.1) is 11.6 Å². The first-order chi connectivity index (χ1) is 12.9. The third-order valence-corrected chi connectivity index (χ3v) is 6.83. The van der Waals surface area contributed by atoms with Crippen LogP contribution in [0.4, 0.5) is 13.9 Å². The molecule has 4 nitrogen and oxygen atoms in total. The second kappa shape index (κ2) is 10.1. The second-order valence-electron chi connectivity index (χ2n) is 5.82. The number of hydrogen-bond acceptors (Lipinski definition) is 5. The molecule has 0 saturated heterocycles. The Morgan fingerprint density at radius 1 is 1.14 bits per heavy atom. The van der Waals surface area contributed by atoms with Gasteiger partial charge >= 0.3 is 0 Å². The van der Waals surface area contributed by atoms with Crippen molar-refractivity contribution in [2.75, 3.05) is 31.1 Å². The van der Waals surface area contributed by atoms with Crippen molar-refractivity contribution in [1.82, 2.24) is 9.88 Å². The van der Waals surface area contributed by atoms with Crippen molar-refractivity contribution in [2.45, 2.75) is 13.8 Å².